The summed E-state index contributed by atoms with van der Waals surface area (Å²) in [5.74, 6) is 0.898. The van der Waals surface area contributed by atoms with E-state index in [0.717, 1.165) is 17.5 Å². The predicted octanol–water partition coefficient (Wildman–Crippen LogP) is 6.01. The van der Waals surface area contributed by atoms with Crippen LogP contribution in [0, 0.1) is 27.7 Å². The molecule has 0 aliphatic rings. The van der Waals surface area contributed by atoms with Crippen molar-refractivity contribution in [2.24, 2.45) is 0 Å². The van der Waals surface area contributed by atoms with E-state index in [1.54, 1.807) is 11.8 Å². The van der Waals surface area contributed by atoms with Crippen LogP contribution in [0.1, 0.15) is 33.4 Å². The van der Waals surface area contributed by atoms with Gasteiger partial charge in [-0.15, -0.1) is 5.10 Å². The lowest BCUT2D eigenvalue weighted by Crippen LogP contribution is -2.03. The van der Waals surface area contributed by atoms with Crippen molar-refractivity contribution in [3.63, 3.8) is 0 Å². The first-order chi connectivity index (χ1) is 13.5. The second kappa shape index (κ2) is 7.80. The monoisotopic (exact) mass is 387 g/mol. The molecule has 142 valence electrons. The van der Waals surface area contributed by atoms with Crippen LogP contribution in [0.5, 0.6) is 0 Å². The maximum Gasteiger partial charge on any atom is 0.208 e. The molecule has 0 aliphatic carbocycles. The highest BCUT2D eigenvalue weighted by molar-refractivity contribution is 7.98. The van der Waals surface area contributed by atoms with E-state index in [0.29, 0.717) is 0 Å². The van der Waals surface area contributed by atoms with E-state index in [2.05, 4.69) is 81.2 Å². The van der Waals surface area contributed by atoms with E-state index in [9.17, 15) is 0 Å². The summed E-state index contributed by atoms with van der Waals surface area (Å²) in [5, 5.41) is 8.10. The first-order valence-electron chi connectivity index (χ1n) is 9.57. The normalized spacial score (nSPS) is 11.3. The molecule has 0 unspecified atom stereocenters. The Morgan fingerprint density at radius 2 is 1.61 bits per heavy atom. The number of nitrogens with zero attached hydrogens (tertiary/aromatic N) is 3. The van der Waals surface area contributed by atoms with Gasteiger partial charge in [-0.25, -0.2) is 9.67 Å². The standard InChI is InChI=1S/C24H25N3S/c1-16-11-18(3)23(19(4)12-16)14-28-24-25-15-27(26-24)13-22-17(2)9-10-20-7-5-6-8-21(20)22/h5-12,15H,13-14H2,1-4H3. The Morgan fingerprint density at radius 3 is 2.39 bits per heavy atom. The Bertz CT molecular complexity index is 1120. The molecular formula is C24H25N3S. The third kappa shape index (κ3) is 3.83. The zero-order valence-corrected chi connectivity index (χ0v) is 17.7. The van der Waals surface area contributed by atoms with Gasteiger partial charge in [0, 0.05) is 5.75 Å². The predicted molar refractivity (Wildman–Crippen MR) is 118 cm³/mol. The third-order valence-electron chi connectivity index (χ3n) is 5.30. The molecule has 0 fully saturated rings. The lowest BCUT2D eigenvalue weighted by molar-refractivity contribution is 0.667. The van der Waals surface area contributed by atoms with Gasteiger partial charge >= 0.3 is 0 Å². The van der Waals surface area contributed by atoms with Crippen LogP contribution in [-0.4, -0.2) is 14.8 Å². The van der Waals surface area contributed by atoms with Gasteiger partial charge in [0.1, 0.15) is 6.33 Å². The summed E-state index contributed by atoms with van der Waals surface area (Å²) in [4.78, 5) is 4.53. The summed E-state index contributed by atoms with van der Waals surface area (Å²) in [6, 6.07) is 17.4. The van der Waals surface area contributed by atoms with Crippen LogP contribution in [0.3, 0.4) is 0 Å². The van der Waals surface area contributed by atoms with E-state index in [1.165, 1.54) is 44.2 Å². The largest absolute Gasteiger partial charge is 0.247 e. The molecule has 0 bridgehead atoms. The van der Waals surface area contributed by atoms with Crippen LogP contribution >= 0.6 is 11.8 Å². The molecule has 0 saturated heterocycles. The highest BCUT2D eigenvalue weighted by atomic mass is 32.2. The number of benzene rings is 3. The number of rotatable bonds is 5. The number of thioether (sulfide) groups is 1. The molecule has 0 spiro atoms. The number of fused-ring (bicyclic) bond motifs is 1. The molecule has 3 aromatic carbocycles. The molecule has 3 nitrogen and oxygen atoms in total. The van der Waals surface area contributed by atoms with Gasteiger partial charge in [-0.3, -0.25) is 0 Å². The summed E-state index contributed by atoms with van der Waals surface area (Å²) >= 11 is 1.70. The fourth-order valence-electron chi connectivity index (χ4n) is 3.81. The van der Waals surface area contributed by atoms with Crippen LogP contribution in [0.15, 0.2) is 60.0 Å². The van der Waals surface area contributed by atoms with Crippen molar-refractivity contribution in [1.29, 1.82) is 0 Å². The van der Waals surface area contributed by atoms with E-state index in [-0.39, 0.29) is 0 Å². The zero-order valence-electron chi connectivity index (χ0n) is 16.9. The smallest absolute Gasteiger partial charge is 0.208 e. The number of aryl methyl sites for hydroxylation is 4. The molecule has 0 N–H and O–H groups in total. The molecule has 4 heteroatoms. The molecular weight excluding hydrogens is 362 g/mol. The Balaban J connectivity index is 1.53. The van der Waals surface area contributed by atoms with Crippen molar-refractivity contribution in [2.75, 3.05) is 0 Å². The minimum Gasteiger partial charge on any atom is -0.247 e. The third-order valence-corrected chi connectivity index (χ3v) is 6.17. The van der Waals surface area contributed by atoms with Gasteiger partial charge in [-0.05, 0) is 66.3 Å². The van der Waals surface area contributed by atoms with Crippen LogP contribution < -0.4 is 0 Å². The van der Waals surface area contributed by atoms with Gasteiger partial charge in [0.2, 0.25) is 5.16 Å². The summed E-state index contributed by atoms with van der Waals surface area (Å²) in [7, 11) is 0. The van der Waals surface area contributed by atoms with Gasteiger partial charge in [-0.2, -0.15) is 0 Å². The maximum atomic E-state index is 4.71. The lowest BCUT2D eigenvalue weighted by Gasteiger charge is -2.10. The molecule has 0 aliphatic heterocycles. The topological polar surface area (TPSA) is 30.7 Å². The first kappa shape index (κ1) is 18.8. The summed E-state index contributed by atoms with van der Waals surface area (Å²) in [6.07, 6.45) is 1.85. The second-order valence-corrected chi connectivity index (χ2v) is 8.42. The highest BCUT2D eigenvalue weighted by Crippen LogP contribution is 2.26. The molecule has 0 atom stereocenters. The molecule has 28 heavy (non-hydrogen) atoms. The Hall–Kier alpha value is -2.59. The molecule has 1 aromatic heterocycles. The molecule has 0 amide bonds. The van der Waals surface area contributed by atoms with E-state index in [4.69, 9.17) is 5.10 Å². The van der Waals surface area contributed by atoms with Gasteiger partial charge < -0.3 is 0 Å². The van der Waals surface area contributed by atoms with Crippen molar-refractivity contribution >= 4 is 22.5 Å². The zero-order chi connectivity index (χ0) is 19.7. The van der Waals surface area contributed by atoms with Crippen LogP contribution in [-0.2, 0) is 12.3 Å². The van der Waals surface area contributed by atoms with Crippen LogP contribution in [0.2, 0.25) is 0 Å². The van der Waals surface area contributed by atoms with Crippen LogP contribution in [0.25, 0.3) is 10.8 Å². The second-order valence-electron chi connectivity index (χ2n) is 7.47. The van der Waals surface area contributed by atoms with Gasteiger partial charge in [0.15, 0.2) is 0 Å². The Kier molecular flexibility index (Phi) is 5.23. The average Bonchev–Trinajstić information content (AvgIpc) is 3.11. The number of hydrogen-bond donors (Lipinski definition) is 0. The molecule has 4 aromatic rings. The van der Waals surface area contributed by atoms with Crippen LogP contribution in [0.4, 0.5) is 0 Å². The molecule has 4 rings (SSSR count). The summed E-state index contributed by atoms with van der Waals surface area (Å²) < 4.78 is 1.95. The van der Waals surface area contributed by atoms with E-state index >= 15 is 0 Å². The quantitative estimate of drug-likeness (QED) is 0.393. The number of aromatic nitrogens is 3. The molecule has 0 saturated carbocycles. The molecule has 1 heterocycles. The Labute approximate surface area is 170 Å². The Morgan fingerprint density at radius 1 is 0.857 bits per heavy atom. The van der Waals surface area contributed by atoms with Crippen molar-refractivity contribution in [3.8, 4) is 0 Å². The fourth-order valence-corrected chi connectivity index (χ4v) is 4.82. The minimum absolute atomic E-state index is 0.739. The van der Waals surface area contributed by atoms with Gasteiger partial charge in [0.05, 0.1) is 6.54 Å². The lowest BCUT2D eigenvalue weighted by atomic mass is 10.00. The van der Waals surface area contributed by atoms with Crippen molar-refractivity contribution in [3.05, 3.63) is 88.2 Å². The number of hydrogen-bond acceptors (Lipinski definition) is 3. The van der Waals surface area contributed by atoms with Crippen molar-refractivity contribution in [2.45, 2.75) is 45.1 Å². The van der Waals surface area contributed by atoms with E-state index in [1.807, 2.05) is 11.0 Å². The maximum absolute atomic E-state index is 4.71. The van der Waals surface area contributed by atoms with Gasteiger partial charge in [0.25, 0.3) is 0 Å². The van der Waals surface area contributed by atoms with Gasteiger partial charge in [-0.1, -0.05) is 65.9 Å². The fraction of sp³-hybridized carbons (Fsp3) is 0.250. The van der Waals surface area contributed by atoms with Crippen molar-refractivity contribution in [1.82, 2.24) is 14.8 Å². The summed E-state index contributed by atoms with van der Waals surface area (Å²) in [6.45, 7) is 9.42. The average molecular weight is 388 g/mol. The van der Waals surface area contributed by atoms with E-state index < -0.39 is 0 Å². The summed E-state index contributed by atoms with van der Waals surface area (Å²) in [5.41, 5.74) is 7.99. The SMILES string of the molecule is Cc1cc(C)c(CSc2ncn(Cc3c(C)ccc4ccccc34)n2)c(C)c1. The first-order valence-corrected chi connectivity index (χ1v) is 10.6. The molecule has 0 radical (unpaired) electrons. The highest BCUT2D eigenvalue weighted by Gasteiger charge is 2.10. The van der Waals surface area contributed by atoms with Crippen molar-refractivity contribution < 1.29 is 0 Å². The minimum atomic E-state index is 0.739.